The van der Waals surface area contributed by atoms with Crippen LogP contribution in [0.5, 0.6) is 0 Å². The van der Waals surface area contributed by atoms with Gasteiger partial charge in [-0.2, -0.15) is 0 Å². The molecule has 0 atom stereocenters. The van der Waals surface area contributed by atoms with Gasteiger partial charge in [-0.1, -0.05) is 28.9 Å². The molecule has 2 N–H and O–H groups in total. The molecule has 18 heavy (non-hydrogen) atoms. The maximum Gasteiger partial charge on any atom is 0.236 e. The molecule has 5 heteroatoms. The van der Waals surface area contributed by atoms with Crippen molar-refractivity contribution in [2.75, 3.05) is 32.9 Å². The van der Waals surface area contributed by atoms with Gasteiger partial charge in [0.25, 0.3) is 0 Å². The molecule has 0 saturated carbocycles. The molecule has 0 bridgehead atoms. The quantitative estimate of drug-likeness (QED) is 0.845. The predicted molar refractivity (Wildman–Crippen MR) is 78.2 cm³/mol. The largest absolute Gasteiger partial charge is 0.398 e. The van der Waals surface area contributed by atoms with Gasteiger partial charge in [0, 0.05) is 36.4 Å². The summed E-state index contributed by atoms with van der Waals surface area (Å²) in [6.07, 6.45) is 0. The maximum absolute atomic E-state index is 11.7. The Morgan fingerprint density at radius 3 is 2.56 bits per heavy atom. The Morgan fingerprint density at radius 2 is 2.06 bits per heavy atom. The van der Waals surface area contributed by atoms with Gasteiger partial charge in [0.1, 0.15) is 0 Å². The van der Waals surface area contributed by atoms with Crippen molar-refractivity contribution in [3.8, 4) is 0 Å². The smallest absolute Gasteiger partial charge is 0.236 e. The average Bonchev–Trinajstić information content (AvgIpc) is 2.32. The second kappa shape index (κ2) is 6.75. The number of hydrogen-bond acceptors (Lipinski definition) is 3. The first-order valence-corrected chi connectivity index (χ1v) is 6.70. The van der Waals surface area contributed by atoms with Gasteiger partial charge in [0.05, 0.1) is 6.54 Å². The summed E-state index contributed by atoms with van der Waals surface area (Å²) >= 11 is 3.50. The van der Waals surface area contributed by atoms with Gasteiger partial charge < -0.3 is 10.6 Å². The lowest BCUT2D eigenvalue weighted by molar-refractivity contribution is -0.130. The van der Waals surface area contributed by atoms with Crippen molar-refractivity contribution in [1.29, 1.82) is 0 Å². The molecule has 0 aliphatic carbocycles. The molecule has 1 amide bonds. The highest BCUT2D eigenvalue weighted by atomic mass is 79.9. The third-order valence-electron chi connectivity index (χ3n) is 2.84. The Morgan fingerprint density at radius 1 is 1.39 bits per heavy atom. The van der Waals surface area contributed by atoms with Crippen molar-refractivity contribution in [2.24, 2.45) is 0 Å². The van der Waals surface area contributed by atoms with Gasteiger partial charge in [0.15, 0.2) is 0 Å². The molecular weight excluding hydrogens is 294 g/mol. The topological polar surface area (TPSA) is 49.6 Å². The van der Waals surface area contributed by atoms with E-state index in [0.29, 0.717) is 13.1 Å². The third-order valence-corrected chi connectivity index (χ3v) is 3.58. The highest BCUT2D eigenvalue weighted by Gasteiger charge is 2.13. The molecule has 0 aromatic heterocycles. The lowest BCUT2D eigenvalue weighted by Crippen LogP contribution is -2.36. The summed E-state index contributed by atoms with van der Waals surface area (Å²) in [5.41, 5.74) is 7.75. The van der Waals surface area contributed by atoms with Crippen LogP contribution in [0.1, 0.15) is 12.5 Å². The third kappa shape index (κ3) is 3.99. The van der Waals surface area contributed by atoms with E-state index in [0.717, 1.165) is 22.3 Å². The summed E-state index contributed by atoms with van der Waals surface area (Å²) in [7, 11) is 3.53. The molecule has 0 unspecified atom stereocenters. The van der Waals surface area contributed by atoms with Crippen LogP contribution in [-0.4, -0.2) is 42.9 Å². The van der Waals surface area contributed by atoms with Gasteiger partial charge in [-0.25, -0.2) is 0 Å². The summed E-state index contributed by atoms with van der Waals surface area (Å²) < 4.78 is 0.984. The zero-order chi connectivity index (χ0) is 13.7. The van der Waals surface area contributed by atoms with E-state index in [2.05, 4.69) is 20.8 Å². The molecule has 100 valence electrons. The summed E-state index contributed by atoms with van der Waals surface area (Å²) in [6, 6.07) is 5.75. The normalized spacial score (nSPS) is 10.7. The molecule has 0 spiro atoms. The Bertz CT molecular complexity index is 400. The summed E-state index contributed by atoms with van der Waals surface area (Å²) in [5, 5.41) is 0. The highest BCUT2D eigenvalue weighted by Crippen LogP contribution is 2.23. The number of nitrogen functional groups attached to an aromatic ring is 1. The summed E-state index contributed by atoms with van der Waals surface area (Å²) in [5.74, 6) is 0.0995. The zero-order valence-corrected chi connectivity index (χ0v) is 12.7. The fourth-order valence-corrected chi connectivity index (χ4v) is 2.08. The minimum atomic E-state index is 0.0995. The van der Waals surface area contributed by atoms with E-state index < -0.39 is 0 Å². The number of halogens is 1. The molecule has 0 saturated heterocycles. The van der Waals surface area contributed by atoms with Crippen LogP contribution in [0.25, 0.3) is 0 Å². The van der Waals surface area contributed by atoms with Crippen molar-refractivity contribution in [3.63, 3.8) is 0 Å². The first-order valence-electron chi connectivity index (χ1n) is 5.91. The highest BCUT2D eigenvalue weighted by molar-refractivity contribution is 9.10. The Hall–Kier alpha value is -1.07. The van der Waals surface area contributed by atoms with Crippen LogP contribution >= 0.6 is 15.9 Å². The van der Waals surface area contributed by atoms with E-state index in [1.807, 2.05) is 25.1 Å². The number of benzene rings is 1. The number of nitrogens with two attached hydrogens (primary N) is 1. The Labute approximate surface area is 117 Å². The van der Waals surface area contributed by atoms with Crippen molar-refractivity contribution < 1.29 is 4.79 Å². The zero-order valence-electron chi connectivity index (χ0n) is 11.1. The molecule has 4 nitrogen and oxygen atoms in total. The van der Waals surface area contributed by atoms with E-state index >= 15 is 0 Å². The second-order valence-corrected chi connectivity index (χ2v) is 5.25. The standard InChI is InChI=1S/C13H20BrN3O/c1-4-17(9-13(18)16(2)3)8-10-11(14)6-5-7-12(10)15/h5-7H,4,8-9,15H2,1-3H3. The maximum atomic E-state index is 11.7. The molecule has 0 fully saturated rings. The van der Waals surface area contributed by atoms with Crippen LogP contribution in [0.15, 0.2) is 22.7 Å². The van der Waals surface area contributed by atoms with Gasteiger partial charge in [-0.3, -0.25) is 9.69 Å². The molecular formula is C13H20BrN3O. The number of likely N-dealkylation sites (N-methyl/N-ethyl adjacent to an activating group) is 2. The first kappa shape index (κ1) is 15.0. The number of anilines is 1. The number of rotatable bonds is 5. The van der Waals surface area contributed by atoms with E-state index in [-0.39, 0.29) is 5.91 Å². The number of carbonyl (C=O) groups excluding carboxylic acids is 1. The Balaban J connectivity index is 2.77. The lowest BCUT2D eigenvalue weighted by atomic mass is 10.1. The fraction of sp³-hybridized carbons (Fsp3) is 0.462. The molecule has 1 rings (SSSR count). The molecule has 0 aliphatic heterocycles. The van der Waals surface area contributed by atoms with Crippen LogP contribution < -0.4 is 5.73 Å². The molecule has 0 heterocycles. The Kier molecular flexibility index (Phi) is 5.62. The number of nitrogens with zero attached hydrogens (tertiary/aromatic N) is 2. The van der Waals surface area contributed by atoms with Gasteiger partial charge in [-0.15, -0.1) is 0 Å². The average molecular weight is 314 g/mol. The van der Waals surface area contributed by atoms with E-state index in [1.165, 1.54) is 0 Å². The van der Waals surface area contributed by atoms with Crippen molar-refractivity contribution in [3.05, 3.63) is 28.2 Å². The SMILES string of the molecule is CCN(CC(=O)N(C)C)Cc1c(N)cccc1Br. The lowest BCUT2D eigenvalue weighted by Gasteiger charge is -2.23. The van der Waals surface area contributed by atoms with E-state index in [1.54, 1.807) is 19.0 Å². The van der Waals surface area contributed by atoms with Crippen molar-refractivity contribution in [2.45, 2.75) is 13.5 Å². The molecule has 0 radical (unpaired) electrons. The second-order valence-electron chi connectivity index (χ2n) is 4.40. The van der Waals surface area contributed by atoms with Crippen LogP contribution in [0, 0.1) is 0 Å². The minimum Gasteiger partial charge on any atom is -0.398 e. The summed E-state index contributed by atoms with van der Waals surface area (Å²) in [6.45, 7) is 3.92. The van der Waals surface area contributed by atoms with Crippen LogP contribution in [0.3, 0.4) is 0 Å². The van der Waals surface area contributed by atoms with Gasteiger partial charge >= 0.3 is 0 Å². The first-order chi connectivity index (χ1) is 8.45. The number of carbonyl (C=O) groups is 1. The molecule has 0 aliphatic rings. The van der Waals surface area contributed by atoms with Crippen molar-refractivity contribution >= 4 is 27.5 Å². The van der Waals surface area contributed by atoms with Gasteiger partial charge in [-0.05, 0) is 18.7 Å². The van der Waals surface area contributed by atoms with Crippen LogP contribution in [0.2, 0.25) is 0 Å². The van der Waals surface area contributed by atoms with Gasteiger partial charge in [0.2, 0.25) is 5.91 Å². The molecule has 1 aromatic rings. The molecule has 1 aromatic carbocycles. The fourth-order valence-electron chi connectivity index (χ4n) is 1.58. The minimum absolute atomic E-state index is 0.0995. The number of amides is 1. The van der Waals surface area contributed by atoms with E-state index in [9.17, 15) is 4.79 Å². The van der Waals surface area contributed by atoms with Crippen LogP contribution in [-0.2, 0) is 11.3 Å². The van der Waals surface area contributed by atoms with Crippen LogP contribution in [0.4, 0.5) is 5.69 Å². The summed E-state index contributed by atoms with van der Waals surface area (Å²) in [4.78, 5) is 15.4. The number of hydrogen-bond donors (Lipinski definition) is 1. The monoisotopic (exact) mass is 313 g/mol. The predicted octanol–water partition coefficient (Wildman–Crippen LogP) is 1.94. The van der Waals surface area contributed by atoms with E-state index in [4.69, 9.17) is 5.73 Å². The van der Waals surface area contributed by atoms with Crippen molar-refractivity contribution in [1.82, 2.24) is 9.80 Å².